The average molecular weight is 356 g/mol. The molecule has 0 atom stereocenters. The van der Waals surface area contributed by atoms with Crippen LogP contribution in [-0.2, 0) is 6.54 Å². The Morgan fingerprint density at radius 1 is 1.15 bits per heavy atom. The number of aliphatic imine (C=N–C) groups is 1. The summed E-state index contributed by atoms with van der Waals surface area (Å²) < 4.78 is 10.4. The standard InChI is InChI=1S/C19H24N4O3/c1-20-19(21-14-15-5-7-16(25-2)8-6-15)23-11-9-22(10-12-23)18(24)17-4-3-13-26-17/h3-8,13H,9-12,14H2,1-2H3,(H,20,21). The molecular formula is C19H24N4O3. The molecule has 7 heteroatoms. The lowest BCUT2D eigenvalue weighted by molar-refractivity contribution is 0.0657. The number of hydrogen-bond donors (Lipinski definition) is 1. The van der Waals surface area contributed by atoms with Gasteiger partial charge < -0.3 is 24.3 Å². The molecule has 1 amide bonds. The van der Waals surface area contributed by atoms with Crippen LogP contribution in [0, 0.1) is 0 Å². The van der Waals surface area contributed by atoms with Gasteiger partial charge in [-0.05, 0) is 29.8 Å². The van der Waals surface area contributed by atoms with E-state index in [4.69, 9.17) is 9.15 Å². The number of benzene rings is 1. The largest absolute Gasteiger partial charge is 0.497 e. The van der Waals surface area contributed by atoms with Crippen molar-refractivity contribution in [1.82, 2.24) is 15.1 Å². The van der Waals surface area contributed by atoms with Gasteiger partial charge in [0.2, 0.25) is 0 Å². The van der Waals surface area contributed by atoms with Crippen LogP contribution in [0.4, 0.5) is 0 Å². The van der Waals surface area contributed by atoms with Gasteiger partial charge in [-0.15, -0.1) is 0 Å². The number of furan rings is 1. The van der Waals surface area contributed by atoms with Crippen LogP contribution in [-0.4, -0.2) is 62.0 Å². The first-order chi connectivity index (χ1) is 12.7. The highest BCUT2D eigenvalue weighted by atomic mass is 16.5. The molecule has 1 aliphatic heterocycles. The van der Waals surface area contributed by atoms with Crippen LogP contribution < -0.4 is 10.1 Å². The highest BCUT2D eigenvalue weighted by Gasteiger charge is 2.25. The second-order valence-electron chi connectivity index (χ2n) is 6.01. The molecule has 1 aromatic carbocycles. The number of amides is 1. The highest BCUT2D eigenvalue weighted by Crippen LogP contribution is 2.12. The molecule has 1 saturated heterocycles. The second-order valence-corrected chi connectivity index (χ2v) is 6.01. The summed E-state index contributed by atoms with van der Waals surface area (Å²) in [6, 6.07) is 11.4. The van der Waals surface area contributed by atoms with Crippen molar-refractivity contribution >= 4 is 11.9 Å². The summed E-state index contributed by atoms with van der Waals surface area (Å²) in [6.45, 7) is 3.43. The lowest BCUT2D eigenvalue weighted by atomic mass is 10.2. The molecule has 0 saturated carbocycles. The molecule has 2 heterocycles. The van der Waals surface area contributed by atoms with Crippen molar-refractivity contribution in [2.45, 2.75) is 6.54 Å². The van der Waals surface area contributed by atoms with Gasteiger partial charge in [-0.1, -0.05) is 12.1 Å². The van der Waals surface area contributed by atoms with E-state index in [2.05, 4.69) is 15.2 Å². The maximum atomic E-state index is 12.3. The van der Waals surface area contributed by atoms with Crippen molar-refractivity contribution in [3.8, 4) is 5.75 Å². The van der Waals surface area contributed by atoms with Crippen LogP contribution in [0.2, 0.25) is 0 Å². The van der Waals surface area contributed by atoms with Crippen LogP contribution in [0.3, 0.4) is 0 Å². The first kappa shape index (κ1) is 17.8. The van der Waals surface area contributed by atoms with Crippen molar-refractivity contribution < 1.29 is 13.9 Å². The lowest BCUT2D eigenvalue weighted by Crippen LogP contribution is -2.53. The van der Waals surface area contributed by atoms with Crippen molar-refractivity contribution in [3.05, 3.63) is 54.0 Å². The van der Waals surface area contributed by atoms with Crippen molar-refractivity contribution in [3.63, 3.8) is 0 Å². The molecule has 0 spiro atoms. The molecule has 7 nitrogen and oxygen atoms in total. The SMILES string of the molecule is CN=C(NCc1ccc(OC)cc1)N1CCN(C(=O)c2ccco2)CC1. The number of carbonyl (C=O) groups is 1. The molecule has 0 bridgehead atoms. The maximum absolute atomic E-state index is 12.3. The molecule has 0 unspecified atom stereocenters. The molecule has 1 aromatic heterocycles. The molecule has 138 valence electrons. The summed E-state index contributed by atoms with van der Waals surface area (Å²) in [7, 11) is 3.43. The smallest absolute Gasteiger partial charge is 0.289 e. The molecule has 26 heavy (non-hydrogen) atoms. The van der Waals surface area contributed by atoms with Crippen molar-refractivity contribution in [1.29, 1.82) is 0 Å². The second kappa shape index (κ2) is 8.42. The summed E-state index contributed by atoms with van der Waals surface area (Å²) in [5.41, 5.74) is 1.15. The van der Waals surface area contributed by atoms with Gasteiger partial charge >= 0.3 is 0 Å². The third-order valence-corrected chi connectivity index (χ3v) is 4.42. The third-order valence-electron chi connectivity index (χ3n) is 4.42. The molecule has 0 radical (unpaired) electrons. The van der Waals surface area contributed by atoms with Gasteiger partial charge in [0.05, 0.1) is 13.4 Å². The number of carbonyl (C=O) groups excluding carboxylic acids is 1. The van der Waals surface area contributed by atoms with Gasteiger partial charge in [-0.25, -0.2) is 0 Å². The van der Waals surface area contributed by atoms with E-state index in [1.165, 1.54) is 6.26 Å². The molecular weight excluding hydrogens is 332 g/mol. The Morgan fingerprint density at radius 3 is 2.42 bits per heavy atom. The first-order valence-corrected chi connectivity index (χ1v) is 8.62. The van der Waals surface area contributed by atoms with Crippen molar-refractivity contribution in [2.75, 3.05) is 40.3 Å². The Bertz CT molecular complexity index is 733. The molecule has 0 aliphatic carbocycles. The van der Waals surface area contributed by atoms with E-state index < -0.39 is 0 Å². The van der Waals surface area contributed by atoms with Crippen LogP contribution in [0.1, 0.15) is 16.1 Å². The molecule has 3 rings (SSSR count). The minimum atomic E-state index is -0.0594. The fourth-order valence-electron chi connectivity index (χ4n) is 2.93. The number of hydrogen-bond acceptors (Lipinski definition) is 4. The Hall–Kier alpha value is -2.96. The average Bonchev–Trinajstić information content (AvgIpc) is 3.24. The lowest BCUT2D eigenvalue weighted by Gasteiger charge is -2.36. The normalized spacial score (nSPS) is 15.1. The van der Waals surface area contributed by atoms with Gasteiger partial charge in [0.1, 0.15) is 5.75 Å². The van der Waals surface area contributed by atoms with E-state index >= 15 is 0 Å². The number of nitrogens with zero attached hydrogens (tertiary/aromatic N) is 3. The van der Waals surface area contributed by atoms with Gasteiger partial charge in [-0.3, -0.25) is 9.79 Å². The van der Waals surface area contributed by atoms with Crippen molar-refractivity contribution in [2.24, 2.45) is 4.99 Å². The Kier molecular flexibility index (Phi) is 5.78. The minimum absolute atomic E-state index is 0.0594. The fraction of sp³-hybridized carbons (Fsp3) is 0.368. The van der Waals surface area contributed by atoms with Gasteiger partial charge in [-0.2, -0.15) is 0 Å². The molecule has 1 N–H and O–H groups in total. The zero-order chi connectivity index (χ0) is 18.4. The number of rotatable bonds is 4. The molecule has 1 aliphatic rings. The molecule has 1 fully saturated rings. The predicted molar refractivity (Wildman–Crippen MR) is 99.4 cm³/mol. The Labute approximate surface area is 153 Å². The summed E-state index contributed by atoms with van der Waals surface area (Å²) in [5.74, 6) is 2.01. The van der Waals surface area contributed by atoms with Gasteiger partial charge in [0, 0.05) is 39.8 Å². The highest BCUT2D eigenvalue weighted by molar-refractivity contribution is 5.91. The quantitative estimate of drug-likeness (QED) is 0.668. The zero-order valence-corrected chi connectivity index (χ0v) is 15.1. The summed E-state index contributed by atoms with van der Waals surface area (Å²) in [5, 5.41) is 3.38. The van der Waals surface area contributed by atoms with E-state index in [9.17, 15) is 4.79 Å². The number of ether oxygens (including phenoxy) is 1. The Balaban J connectivity index is 1.51. The summed E-state index contributed by atoms with van der Waals surface area (Å²) >= 11 is 0. The fourth-order valence-corrected chi connectivity index (χ4v) is 2.93. The van der Waals surface area contributed by atoms with E-state index in [-0.39, 0.29) is 5.91 Å². The van der Waals surface area contributed by atoms with Crippen LogP contribution >= 0.6 is 0 Å². The van der Waals surface area contributed by atoms with E-state index in [1.54, 1.807) is 26.3 Å². The van der Waals surface area contributed by atoms with Crippen LogP contribution in [0.25, 0.3) is 0 Å². The predicted octanol–water partition coefficient (Wildman–Crippen LogP) is 1.82. The van der Waals surface area contributed by atoms with E-state index in [1.807, 2.05) is 29.2 Å². The Morgan fingerprint density at radius 2 is 1.85 bits per heavy atom. The van der Waals surface area contributed by atoms with E-state index in [0.29, 0.717) is 25.4 Å². The van der Waals surface area contributed by atoms with Crippen LogP contribution in [0.15, 0.2) is 52.1 Å². The first-order valence-electron chi connectivity index (χ1n) is 8.62. The zero-order valence-electron chi connectivity index (χ0n) is 15.1. The van der Waals surface area contributed by atoms with Crippen LogP contribution in [0.5, 0.6) is 5.75 Å². The summed E-state index contributed by atoms with van der Waals surface area (Å²) in [4.78, 5) is 20.7. The minimum Gasteiger partial charge on any atom is -0.497 e. The molecule has 2 aromatic rings. The summed E-state index contributed by atoms with van der Waals surface area (Å²) in [6.07, 6.45) is 1.52. The monoisotopic (exact) mass is 356 g/mol. The number of nitrogens with one attached hydrogen (secondary N) is 1. The van der Waals surface area contributed by atoms with Gasteiger partial charge in [0.25, 0.3) is 5.91 Å². The third kappa shape index (κ3) is 4.17. The topological polar surface area (TPSA) is 70.3 Å². The maximum Gasteiger partial charge on any atom is 0.289 e. The van der Waals surface area contributed by atoms with E-state index in [0.717, 1.165) is 30.4 Å². The number of piperazine rings is 1. The number of guanidine groups is 1. The van der Waals surface area contributed by atoms with Gasteiger partial charge in [0.15, 0.2) is 11.7 Å². The number of methoxy groups -OCH3 is 1.